The van der Waals surface area contributed by atoms with E-state index in [4.69, 9.17) is 16.3 Å². The van der Waals surface area contributed by atoms with Crippen molar-refractivity contribution < 1.29 is 9.53 Å². The Labute approximate surface area is 155 Å². The first-order valence-corrected chi connectivity index (χ1v) is 9.23. The summed E-state index contributed by atoms with van der Waals surface area (Å²) in [5, 5.41) is 1.20. The predicted molar refractivity (Wildman–Crippen MR) is 102 cm³/mol. The minimum absolute atomic E-state index is 0.143. The molecular formula is C18H16ClN3O2S. The third kappa shape index (κ3) is 4.21. The van der Waals surface area contributed by atoms with Crippen LogP contribution in [-0.2, 0) is 4.79 Å². The third-order valence-corrected chi connectivity index (χ3v) is 4.48. The maximum Gasteiger partial charge on any atom is 0.278 e. The smallest absolute Gasteiger partial charge is 0.278 e. The van der Waals surface area contributed by atoms with Crippen molar-refractivity contribution in [3.05, 3.63) is 65.1 Å². The van der Waals surface area contributed by atoms with Gasteiger partial charge in [0.2, 0.25) is 0 Å². The van der Waals surface area contributed by atoms with Gasteiger partial charge in [-0.05, 0) is 36.1 Å². The number of hydrogen-bond acceptors (Lipinski definition) is 5. The fourth-order valence-corrected chi connectivity index (χ4v) is 3.09. The van der Waals surface area contributed by atoms with Crippen molar-refractivity contribution in [3.8, 4) is 5.75 Å². The Balaban J connectivity index is 1.68. The number of hydrogen-bond donors (Lipinski definition) is 0. The van der Waals surface area contributed by atoms with Crippen LogP contribution in [0.1, 0.15) is 5.56 Å². The van der Waals surface area contributed by atoms with Crippen LogP contribution >= 0.6 is 23.4 Å². The van der Waals surface area contributed by atoms with Gasteiger partial charge in [-0.25, -0.2) is 4.99 Å². The van der Waals surface area contributed by atoms with E-state index in [0.29, 0.717) is 34.8 Å². The Bertz CT molecular complexity index is 824. The molecule has 0 N–H and O–H groups in total. The molecule has 1 aromatic carbocycles. The third-order valence-electron chi connectivity index (χ3n) is 3.49. The monoisotopic (exact) mass is 373 g/mol. The summed E-state index contributed by atoms with van der Waals surface area (Å²) in [6.07, 6.45) is 7.01. The number of nitrogens with zero attached hydrogens (tertiary/aromatic N) is 3. The van der Waals surface area contributed by atoms with Crippen molar-refractivity contribution >= 4 is 40.5 Å². The van der Waals surface area contributed by atoms with Crippen molar-refractivity contribution in [1.82, 2.24) is 9.88 Å². The Morgan fingerprint density at radius 2 is 2.12 bits per heavy atom. The number of halogens is 1. The van der Waals surface area contributed by atoms with Crippen molar-refractivity contribution in [1.29, 1.82) is 0 Å². The zero-order chi connectivity index (χ0) is 17.6. The van der Waals surface area contributed by atoms with Gasteiger partial charge in [0.15, 0.2) is 5.17 Å². The van der Waals surface area contributed by atoms with Gasteiger partial charge >= 0.3 is 0 Å². The summed E-state index contributed by atoms with van der Waals surface area (Å²) < 4.78 is 5.67. The number of aliphatic imine (C=N–C) groups is 1. The molecule has 1 amide bonds. The van der Waals surface area contributed by atoms with E-state index in [-0.39, 0.29) is 5.91 Å². The van der Waals surface area contributed by atoms with E-state index in [1.54, 1.807) is 35.5 Å². The second kappa shape index (κ2) is 8.18. The van der Waals surface area contributed by atoms with E-state index in [9.17, 15) is 4.79 Å². The number of thioether (sulfide) groups is 1. The highest BCUT2D eigenvalue weighted by atomic mass is 35.5. The number of para-hydroxylation sites is 1. The molecule has 0 saturated carbocycles. The summed E-state index contributed by atoms with van der Waals surface area (Å²) >= 11 is 7.49. The number of aromatic nitrogens is 1. The first-order chi connectivity index (χ1) is 12.2. The molecule has 0 atom stereocenters. The number of benzene rings is 1. The molecule has 3 rings (SSSR count). The number of amidine groups is 1. The largest absolute Gasteiger partial charge is 0.490 e. The Kier molecular flexibility index (Phi) is 5.73. The van der Waals surface area contributed by atoms with E-state index in [0.717, 1.165) is 5.56 Å². The first-order valence-electron chi connectivity index (χ1n) is 7.62. The maximum atomic E-state index is 12.6. The first kappa shape index (κ1) is 17.5. The highest BCUT2D eigenvalue weighted by molar-refractivity contribution is 8.13. The molecule has 0 bridgehead atoms. The molecule has 0 saturated heterocycles. The lowest BCUT2D eigenvalue weighted by Gasteiger charge is -2.17. The summed E-state index contributed by atoms with van der Waals surface area (Å²) in [7, 11) is 0. The lowest BCUT2D eigenvalue weighted by atomic mass is 10.2. The lowest BCUT2D eigenvalue weighted by molar-refractivity contribution is -0.122. The molecule has 7 heteroatoms. The number of pyridine rings is 1. The second-order valence-corrected chi connectivity index (χ2v) is 6.33. The number of amides is 1. The van der Waals surface area contributed by atoms with Gasteiger partial charge in [-0.15, -0.1) is 0 Å². The van der Waals surface area contributed by atoms with Crippen LogP contribution in [-0.4, -0.2) is 40.4 Å². The van der Waals surface area contributed by atoms with Crippen LogP contribution in [0.25, 0.3) is 6.08 Å². The summed E-state index contributed by atoms with van der Waals surface area (Å²) in [6.45, 7) is 0.726. The lowest BCUT2D eigenvalue weighted by Crippen LogP contribution is -2.34. The van der Waals surface area contributed by atoms with Gasteiger partial charge < -0.3 is 4.74 Å². The van der Waals surface area contributed by atoms with Crippen molar-refractivity contribution in [2.75, 3.05) is 19.4 Å². The van der Waals surface area contributed by atoms with Crippen LogP contribution in [0.4, 0.5) is 0 Å². The molecule has 5 nitrogen and oxygen atoms in total. The molecule has 0 spiro atoms. The van der Waals surface area contributed by atoms with Crippen molar-refractivity contribution in [2.45, 2.75) is 0 Å². The van der Waals surface area contributed by atoms with Gasteiger partial charge in [0.05, 0.1) is 11.6 Å². The molecule has 0 aliphatic carbocycles. The quantitative estimate of drug-likeness (QED) is 0.749. The minimum Gasteiger partial charge on any atom is -0.490 e. The zero-order valence-corrected chi connectivity index (χ0v) is 15.1. The van der Waals surface area contributed by atoms with Gasteiger partial charge in [-0.2, -0.15) is 0 Å². The molecule has 25 heavy (non-hydrogen) atoms. The van der Waals surface area contributed by atoms with Crippen LogP contribution in [0, 0.1) is 0 Å². The normalized spacial score (nSPS) is 15.6. The zero-order valence-electron chi connectivity index (χ0n) is 13.6. The van der Waals surface area contributed by atoms with Crippen LogP contribution in [0.3, 0.4) is 0 Å². The van der Waals surface area contributed by atoms with E-state index in [2.05, 4.69) is 9.98 Å². The van der Waals surface area contributed by atoms with E-state index < -0.39 is 0 Å². The van der Waals surface area contributed by atoms with Crippen LogP contribution in [0.2, 0.25) is 5.02 Å². The van der Waals surface area contributed by atoms with E-state index in [1.165, 1.54) is 11.8 Å². The number of ether oxygens (including phenoxy) is 1. The molecule has 1 aliphatic heterocycles. The molecule has 2 aromatic rings. The molecule has 128 valence electrons. The van der Waals surface area contributed by atoms with Gasteiger partial charge in [0, 0.05) is 12.4 Å². The van der Waals surface area contributed by atoms with Crippen molar-refractivity contribution in [2.24, 2.45) is 4.99 Å². The molecule has 1 aromatic heterocycles. The fraction of sp³-hybridized carbons (Fsp3) is 0.167. The summed E-state index contributed by atoms with van der Waals surface area (Å²) in [5.41, 5.74) is 1.24. The summed E-state index contributed by atoms with van der Waals surface area (Å²) in [5.74, 6) is 0.459. The van der Waals surface area contributed by atoms with Gasteiger partial charge in [0.1, 0.15) is 18.1 Å². The Morgan fingerprint density at radius 1 is 1.28 bits per heavy atom. The Hall–Kier alpha value is -2.31. The standard InChI is InChI=1S/C18H16ClN3O2S/c1-25-18-21-15(11-13-5-4-8-20-12-13)17(23)22(18)9-10-24-16-7-3-2-6-14(16)19/h2-8,11-12H,9-10H2,1H3. The van der Waals surface area contributed by atoms with Crippen LogP contribution in [0.15, 0.2) is 59.5 Å². The highest BCUT2D eigenvalue weighted by Crippen LogP contribution is 2.25. The topological polar surface area (TPSA) is 54.8 Å². The van der Waals surface area contributed by atoms with Gasteiger partial charge in [-0.3, -0.25) is 14.7 Å². The van der Waals surface area contributed by atoms with Crippen LogP contribution in [0.5, 0.6) is 5.75 Å². The molecule has 2 heterocycles. The molecule has 0 radical (unpaired) electrons. The number of carbonyl (C=O) groups excluding carboxylic acids is 1. The second-order valence-electron chi connectivity index (χ2n) is 5.15. The van der Waals surface area contributed by atoms with E-state index >= 15 is 0 Å². The Morgan fingerprint density at radius 3 is 2.84 bits per heavy atom. The molecule has 1 aliphatic rings. The molecule has 0 fully saturated rings. The SMILES string of the molecule is CSC1=NC(=Cc2cccnc2)C(=O)N1CCOc1ccccc1Cl. The molecular weight excluding hydrogens is 358 g/mol. The fourth-order valence-electron chi connectivity index (χ4n) is 2.31. The molecule has 0 unspecified atom stereocenters. The summed E-state index contributed by atoms with van der Waals surface area (Å²) in [6, 6.07) is 11.0. The highest BCUT2D eigenvalue weighted by Gasteiger charge is 2.29. The predicted octanol–water partition coefficient (Wildman–Crippen LogP) is 3.72. The van der Waals surface area contributed by atoms with Gasteiger partial charge in [-0.1, -0.05) is 41.6 Å². The number of carbonyl (C=O) groups is 1. The summed E-state index contributed by atoms with van der Waals surface area (Å²) in [4.78, 5) is 22.7. The average molecular weight is 374 g/mol. The van der Waals surface area contributed by atoms with Crippen molar-refractivity contribution in [3.63, 3.8) is 0 Å². The average Bonchev–Trinajstić information content (AvgIpc) is 2.93. The maximum absolute atomic E-state index is 12.6. The number of rotatable bonds is 5. The van der Waals surface area contributed by atoms with E-state index in [1.807, 2.05) is 30.5 Å². The van der Waals surface area contributed by atoms with Crippen LogP contribution < -0.4 is 4.74 Å². The minimum atomic E-state index is -0.143. The van der Waals surface area contributed by atoms with Gasteiger partial charge in [0.25, 0.3) is 5.91 Å².